The summed E-state index contributed by atoms with van der Waals surface area (Å²) in [6.07, 6.45) is 1.88. The van der Waals surface area contributed by atoms with E-state index in [9.17, 15) is 9.59 Å². The van der Waals surface area contributed by atoms with Crippen LogP contribution in [0.5, 0.6) is 0 Å². The molecule has 128 valence electrons. The lowest BCUT2D eigenvalue weighted by Crippen LogP contribution is -2.49. The van der Waals surface area contributed by atoms with Crippen LogP contribution in [0, 0.1) is 5.92 Å². The van der Waals surface area contributed by atoms with Gasteiger partial charge < -0.3 is 10.2 Å². The van der Waals surface area contributed by atoms with Crippen molar-refractivity contribution in [2.24, 2.45) is 5.92 Å². The van der Waals surface area contributed by atoms with Crippen LogP contribution in [0.15, 0.2) is 30.3 Å². The number of hydrogen-bond acceptors (Lipinski definition) is 2. The number of benzene rings is 1. The maximum absolute atomic E-state index is 12.5. The Morgan fingerprint density at radius 2 is 1.78 bits per heavy atom. The van der Waals surface area contributed by atoms with E-state index in [0.29, 0.717) is 31.8 Å². The van der Waals surface area contributed by atoms with Crippen LogP contribution in [-0.2, 0) is 16.1 Å². The van der Waals surface area contributed by atoms with Crippen molar-refractivity contribution in [3.63, 3.8) is 0 Å². The Hall–Kier alpha value is -1.84. The Morgan fingerprint density at radius 1 is 1.13 bits per heavy atom. The Kier molecular flexibility index (Phi) is 8.38. The van der Waals surface area contributed by atoms with E-state index in [0.717, 1.165) is 12.0 Å². The standard InChI is InChI=1S/C19H30N2O2/c1-5-10-18(22)21(14-16-11-8-7-9-12-16)17(6-2)19(23)20-13-15(3)4/h7-9,11-12,15,17H,5-6,10,13-14H2,1-4H3,(H,20,23)/t17-/m1/s1. The molecule has 0 bridgehead atoms. The molecule has 4 nitrogen and oxygen atoms in total. The summed E-state index contributed by atoms with van der Waals surface area (Å²) in [4.78, 5) is 26.8. The summed E-state index contributed by atoms with van der Waals surface area (Å²) in [7, 11) is 0. The van der Waals surface area contributed by atoms with Gasteiger partial charge in [0, 0.05) is 19.5 Å². The second-order valence-electron chi connectivity index (χ2n) is 6.32. The number of hydrogen-bond donors (Lipinski definition) is 1. The number of carbonyl (C=O) groups is 2. The Bertz CT molecular complexity index is 485. The number of rotatable bonds is 9. The van der Waals surface area contributed by atoms with Crippen molar-refractivity contribution in [1.29, 1.82) is 0 Å². The van der Waals surface area contributed by atoms with E-state index in [4.69, 9.17) is 0 Å². The molecule has 1 atom stereocenters. The zero-order chi connectivity index (χ0) is 17.2. The van der Waals surface area contributed by atoms with Crippen molar-refractivity contribution in [1.82, 2.24) is 10.2 Å². The van der Waals surface area contributed by atoms with Gasteiger partial charge in [-0.2, -0.15) is 0 Å². The summed E-state index contributed by atoms with van der Waals surface area (Å²) in [5.41, 5.74) is 1.05. The monoisotopic (exact) mass is 318 g/mol. The van der Waals surface area contributed by atoms with E-state index in [2.05, 4.69) is 19.2 Å². The molecule has 0 unspecified atom stereocenters. The van der Waals surface area contributed by atoms with Gasteiger partial charge in [0.2, 0.25) is 11.8 Å². The van der Waals surface area contributed by atoms with Gasteiger partial charge in [-0.25, -0.2) is 0 Å². The Balaban J connectivity index is 2.90. The van der Waals surface area contributed by atoms with Crippen molar-refractivity contribution < 1.29 is 9.59 Å². The lowest BCUT2D eigenvalue weighted by atomic mass is 10.1. The molecular formula is C19H30N2O2. The topological polar surface area (TPSA) is 49.4 Å². The second kappa shape index (κ2) is 10.0. The van der Waals surface area contributed by atoms with Crippen LogP contribution in [0.1, 0.15) is 52.5 Å². The van der Waals surface area contributed by atoms with Crippen molar-refractivity contribution in [3.8, 4) is 0 Å². The molecule has 0 aliphatic rings. The average molecular weight is 318 g/mol. The van der Waals surface area contributed by atoms with Crippen LogP contribution in [-0.4, -0.2) is 29.3 Å². The molecule has 0 aliphatic carbocycles. The molecule has 0 spiro atoms. The predicted octanol–water partition coefficient (Wildman–Crippen LogP) is 3.37. The first-order chi connectivity index (χ1) is 11.0. The predicted molar refractivity (Wildman–Crippen MR) is 93.8 cm³/mol. The third kappa shape index (κ3) is 6.43. The lowest BCUT2D eigenvalue weighted by molar-refractivity contribution is -0.141. The van der Waals surface area contributed by atoms with Gasteiger partial charge in [0.05, 0.1) is 0 Å². The van der Waals surface area contributed by atoms with Gasteiger partial charge in [-0.3, -0.25) is 9.59 Å². The van der Waals surface area contributed by atoms with Crippen molar-refractivity contribution in [3.05, 3.63) is 35.9 Å². The Labute approximate surface area is 140 Å². The number of nitrogens with zero attached hydrogens (tertiary/aromatic N) is 1. The molecule has 0 saturated carbocycles. The maximum Gasteiger partial charge on any atom is 0.242 e. The van der Waals surface area contributed by atoms with Crippen molar-refractivity contribution in [2.75, 3.05) is 6.54 Å². The highest BCUT2D eigenvalue weighted by atomic mass is 16.2. The largest absolute Gasteiger partial charge is 0.354 e. The normalized spacial score (nSPS) is 12.0. The SMILES string of the molecule is CCCC(=O)N(Cc1ccccc1)[C@H](CC)C(=O)NCC(C)C. The van der Waals surface area contributed by atoms with Gasteiger partial charge in [0.25, 0.3) is 0 Å². The molecule has 23 heavy (non-hydrogen) atoms. The first-order valence-electron chi connectivity index (χ1n) is 8.60. The fourth-order valence-electron chi connectivity index (χ4n) is 2.48. The minimum absolute atomic E-state index is 0.0444. The molecule has 2 amide bonds. The second-order valence-corrected chi connectivity index (χ2v) is 6.32. The van der Waals surface area contributed by atoms with Crippen LogP contribution in [0.3, 0.4) is 0 Å². The molecular weight excluding hydrogens is 288 g/mol. The van der Waals surface area contributed by atoms with E-state index < -0.39 is 6.04 Å². The van der Waals surface area contributed by atoms with Crippen molar-refractivity contribution in [2.45, 2.75) is 59.5 Å². The minimum Gasteiger partial charge on any atom is -0.354 e. The van der Waals surface area contributed by atoms with Crippen LogP contribution >= 0.6 is 0 Å². The number of amides is 2. The summed E-state index contributed by atoms with van der Waals surface area (Å²) >= 11 is 0. The highest BCUT2D eigenvalue weighted by molar-refractivity contribution is 5.87. The summed E-state index contributed by atoms with van der Waals surface area (Å²) in [5.74, 6) is 0.384. The number of nitrogens with one attached hydrogen (secondary N) is 1. The zero-order valence-corrected chi connectivity index (χ0v) is 14.8. The van der Waals surface area contributed by atoms with Gasteiger partial charge in [-0.1, -0.05) is 58.0 Å². The van der Waals surface area contributed by atoms with Gasteiger partial charge in [-0.15, -0.1) is 0 Å². The highest BCUT2D eigenvalue weighted by Crippen LogP contribution is 2.14. The average Bonchev–Trinajstić information content (AvgIpc) is 2.53. The smallest absolute Gasteiger partial charge is 0.242 e. The third-order valence-electron chi connectivity index (χ3n) is 3.73. The molecule has 0 aliphatic heterocycles. The highest BCUT2D eigenvalue weighted by Gasteiger charge is 2.27. The number of carbonyl (C=O) groups excluding carboxylic acids is 2. The molecule has 0 heterocycles. The first kappa shape index (κ1) is 19.2. The minimum atomic E-state index is -0.409. The zero-order valence-electron chi connectivity index (χ0n) is 14.8. The fraction of sp³-hybridized carbons (Fsp3) is 0.579. The molecule has 4 heteroatoms. The van der Waals surface area contributed by atoms with E-state index in [-0.39, 0.29) is 11.8 Å². The Morgan fingerprint density at radius 3 is 2.30 bits per heavy atom. The van der Waals surface area contributed by atoms with E-state index in [1.807, 2.05) is 44.2 Å². The summed E-state index contributed by atoms with van der Waals surface area (Å²) in [6.45, 7) is 9.18. The molecule has 1 aromatic rings. The molecule has 1 aromatic carbocycles. The van der Waals surface area contributed by atoms with Gasteiger partial charge in [0.1, 0.15) is 6.04 Å². The maximum atomic E-state index is 12.5. The van der Waals surface area contributed by atoms with E-state index >= 15 is 0 Å². The summed E-state index contributed by atoms with van der Waals surface area (Å²) < 4.78 is 0. The quantitative estimate of drug-likeness (QED) is 0.759. The van der Waals surface area contributed by atoms with Gasteiger partial charge >= 0.3 is 0 Å². The molecule has 0 saturated heterocycles. The van der Waals surface area contributed by atoms with Gasteiger partial charge in [0.15, 0.2) is 0 Å². The summed E-state index contributed by atoms with van der Waals surface area (Å²) in [6, 6.07) is 9.44. The van der Waals surface area contributed by atoms with Crippen molar-refractivity contribution >= 4 is 11.8 Å². The molecule has 0 radical (unpaired) electrons. The van der Waals surface area contributed by atoms with Crippen LogP contribution in [0.2, 0.25) is 0 Å². The third-order valence-corrected chi connectivity index (χ3v) is 3.73. The van der Waals surface area contributed by atoms with Gasteiger partial charge in [-0.05, 0) is 24.3 Å². The van der Waals surface area contributed by atoms with Crippen LogP contribution in [0.4, 0.5) is 0 Å². The van der Waals surface area contributed by atoms with E-state index in [1.165, 1.54) is 0 Å². The molecule has 1 rings (SSSR count). The summed E-state index contributed by atoms with van der Waals surface area (Å²) in [5, 5.41) is 2.96. The van der Waals surface area contributed by atoms with Crippen LogP contribution < -0.4 is 5.32 Å². The van der Waals surface area contributed by atoms with E-state index in [1.54, 1.807) is 4.90 Å². The first-order valence-corrected chi connectivity index (χ1v) is 8.60. The molecule has 1 N–H and O–H groups in total. The molecule has 0 fully saturated rings. The van der Waals surface area contributed by atoms with Crippen LogP contribution in [0.25, 0.3) is 0 Å². The molecule has 0 aromatic heterocycles. The fourth-order valence-corrected chi connectivity index (χ4v) is 2.48. The lowest BCUT2D eigenvalue weighted by Gasteiger charge is -2.31.